The molecule has 0 aromatic heterocycles. The fourth-order valence-corrected chi connectivity index (χ4v) is 1.12. The van der Waals surface area contributed by atoms with Gasteiger partial charge in [-0.25, -0.2) is 0 Å². The largest absolute Gasteiger partial charge is 0.380 e. The molecule has 0 unspecified atom stereocenters. The van der Waals surface area contributed by atoms with E-state index < -0.39 is 0 Å². The molecular formula is C9H20N2O. The normalized spacial score (nSPS) is 17.8. The van der Waals surface area contributed by atoms with Crippen LogP contribution in [-0.2, 0) is 4.74 Å². The Labute approximate surface area is 74.9 Å². The highest BCUT2D eigenvalue weighted by atomic mass is 16.5. The number of hydrogen-bond acceptors (Lipinski definition) is 3. The minimum atomic E-state index is 0.694. The van der Waals surface area contributed by atoms with E-state index in [1.165, 1.54) is 12.8 Å². The quantitative estimate of drug-likeness (QED) is 0.544. The van der Waals surface area contributed by atoms with E-state index in [-0.39, 0.29) is 0 Å². The predicted octanol–water partition coefficient (Wildman–Crippen LogP) is 0.365. The third-order valence-corrected chi connectivity index (χ3v) is 2.10. The van der Waals surface area contributed by atoms with Gasteiger partial charge in [0.1, 0.15) is 0 Å². The van der Waals surface area contributed by atoms with Gasteiger partial charge in [-0.3, -0.25) is 0 Å². The summed E-state index contributed by atoms with van der Waals surface area (Å²) >= 11 is 0. The van der Waals surface area contributed by atoms with Crippen LogP contribution in [-0.4, -0.2) is 38.9 Å². The van der Waals surface area contributed by atoms with Crippen LogP contribution in [0.25, 0.3) is 0 Å². The van der Waals surface area contributed by atoms with Gasteiger partial charge in [-0.15, -0.1) is 0 Å². The lowest BCUT2D eigenvalue weighted by Crippen LogP contribution is -2.55. The summed E-state index contributed by atoms with van der Waals surface area (Å²) in [5, 5.41) is 6.63. The first-order valence-corrected chi connectivity index (χ1v) is 4.95. The zero-order valence-corrected chi connectivity index (χ0v) is 7.94. The molecule has 1 fully saturated rings. The van der Waals surface area contributed by atoms with Crippen LogP contribution in [0.3, 0.4) is 0 Å². The maximum Gasteiger partial charge on any atom is 0.0591 e. The Morgan fingerprint density at radius 3 is 2.83 bits per heavy atom. The van der Waals surface area contributed by atoms with Crippen LogP contribution in [0.4, 0.5) is 0 Å². The van der Waals surface area contributed by atoms with E-state index in [2.05, 4.69) is 17.6 Å². The fourth-order valence-electron chi connectivity index (χ4n) is 1.12. The molecule has 0 saturated carbocycles. The van der Waals surface area contributed by atoms with Gasteiger partial charge in [0.05, 0.1) is 6.61 Å². The molecular weight excluding hydrogens is 152 g/mol. The molecule has 0 bridgehead atoms. The molecule has 0 aliphatic carbocycles. The molecule has 0 spiro atoms. The van der Waals surface area contributed by atoms with Crippen molar-refractivity contribution in [2.75, 3.05) is 32.8 Å². The molecule has 2 N–H and O–H groups in total. The Bertz CT molecular complexity index is 105. The standard InChI is InChI=1S/C9H20N2O/c1-2-3-5-12-6-4-11-9-7-10-8-9/h9-11H,2-8H2,1H3. The van der Waals surface area contributed by atoms with Crippen molar-refractivity contribution in [1.29, 1.82) is 0 Å². The van der Waals surface area contributed by atoms with Crippen LogP contribution in [0.5, 0.6) is 0 Å². The minimum absolute atomic E-state index is 0.694. The van der Waals surface area contributed by atoms with E-state index in [0.717, 1.165) is 32.8 Å². The van der Waals surface area contributed by atoms with Crippen molar-refractivity contribution in [3.63, 3.8) is 0 Å². The van der Waals surface area contributed by atoms with Gasteiger partial charge in [0.25, 0.3) is 0 Å². The molecule has 72 valence electrons. The van der Waals surface area contributed by atoms with Crippen molar-refractivity contribution < 1.29 is 4.74 Å². The first kappa shape index (κ1) is 9.96. The Balaban J connectivity index is 1.70. The van der Waals surface area contributed by atoms with Crippen molar-refractivity contribution >= 4 is 0 Å². The summed E-state index contributed by atoms with van der Waals surface area (Å²) in [5.41, 5.74) is 0. The fraction of sp³-hybridized carbons (Fsp3) is 1.00. The summed E-state index contributed by atoms with van der Waals surface area (Å²) in [4.78, 5) is 0. The molecule has 1 rings (SSSR count). The molecule has 1 aliphatic rings. The molecule has 0 atom stereocenters. The van der Waals surface area contributed by atoms with Crippen LogP contribution in [0.1, 0.15) is 19.8 Å². The molecule has 0 aromatic carbocycles. The lowest BCUT2D eigenvalue weighted by Gasteiger charge is -2.28. The van der Waals surface area contributed by atoms with Gasteiger partial charge in [0, 0.05) is 32.3 Å². The van der Waals surface area contributed by atoms with E-state index in [1.807, 2.05) is 0 Å². The zero-order chi connectivity index (χ0) is 8.65. The topological polar surface area (TPSA) is 33.3 Å². The summed E-state index contributed by atoms with van der Waals surface area (Å²) in [7, 11) is 0. The second-order valence-corrected chi connectivity index (χ2v) is 3.28. The van der Waals surface area contributed by atoms with E-state index in [9.17, 15) is 0 Å². The molecule has 12 heavy (non-hydrogen) atoms. The maximum absolute atomic E-state index is 5.41. The van der Waals surface area contributed by atoms with Crippen LogP contribution in [0, 0.1) is 0 Å². The van der Waals surface area contributed by atoms with Gasteiger partial charge in [0.15, 0.2) is 0 Å². The van der Waals surface area contributed by atoms with Gasteiger partial charge < -0.3 is 15.4 Å². The van der Waals surface area contributed by atoms with Crippen LogP contribution in [0.2, 0.25) is 0 Å². The van der Waals surface area contributed by atoms with Gasteiger partial charge in [0.2, 0.25) is 0 Å². The third-order valence-electron chi connectivity index (χ3n) is 2.10. The smallest absolute Gasteiger partial charge is 0.0591 e. The number of nitrogens with one attached hydrogen (secondary N) is 2. The first-order chi connectivity index (χ1) is 5.93. The third kappa shape index (κ3) is 4.04. The number of ether oxygens (including phenoxy) is 1. The van der Waals surface area contributed by atoms with Gasteiger partial charge in [-0.1, -0.05) is 13.3 Å². The Hall–Kier alpha value is -0.120. The second kappa shape index (κ2) is 6.40. The summed E-state index contributed by atoms with van der Waals surface area (Å²) in [5.74, 6) is 0. The van der Waals surface area contributed by atoms with Crippen molar-refractivity contribution in [3.8, 4) is 0 Å². The molecule has 1 heterocycles. The SMILES string of the molecule is CCCCOCCNC1CNC1. The average Bonchev–Trinajstić information content (AvgIpc) is 2.00. The van der Waals surface area contributed by atoms with Crippen LogP contribution in [0.15, 0.2) is 0 Å². The molecule has 3 nitrogen and oxygen atoms in total. The monoisotopic (exact) mass is 172 g/mol. The first-order valence-electron chi connectivity index (χ1n) is 4.95. The molecule has 1 saturated heterocycles. The Morgan fingerprint density at radius 1 is 1.42 bits per heavy atom. The summed E-state index contributed by atoms with van der Waals surface area (Å²) in [6.07, 6.45) is 2.41. The van der Waals surface area contributed by atoms with Gasteiger partial charge >= 0.3 is 0 Å². The highest BCUT2D eigenvalue weighted by Gasteiger charge is 2.14. The van der Waals surface area contributed by atoms with E-state index >= 15 is 0 Å². The predicted molar refractivity (Wildman–Crippen MR) is 50.4 cm³/mol. The molecule has 0 aromatic rings. The summed E-state index contributed by atoms with van der Waals surface area (Å²) in [6.45, 7) is 7.19. The molecule has 0 radical (unpaired) electrons. The summed E-state index contributed by atoms with van der Waals surface area (Å²) < 4.78 is 5.41. The number of hydrogen-bond donors (Lipinski definition) is 2. The molecule has 0 amide bonds. The van der Waals surface area contributed by atoms with Crippen LogP contribution < -0.4 is 10.6 Å². The highest BCUT2D eigenvalue weighted by Crippen LogP contribution is 1.90. The van der Waals surface area contributed by atoms with Gasteiger partial charge in [-0.05, 0) is 6.42 Å². The Kier molecular flexibility index (Phi) is 5.32. The van der Waals surface area contributed by atoms with E-state index in [0.29, 0.717) is 6.04 Å². The van der Waals surface area contributed by atoms with Crippen molar-refractivity contribution in [1.82, 2.24) is 10.6 Å². The molecule has 1 aliphatic heterocycles. The van der Waals surface area contributed by atoms with Crippen LogP contribution >= 0.6 is 0 Å². The zero-order valence-electron chi connectivity index (χ0n) is 7.94. The van der Waals surface area contributed by atoms with E-state index in [4.69, 9.17) is 4.74 Å². The summed E-state index contributed by atoms with van der Waals surface area (Å²) in [6, 6.07) is 0.694. The number of rotatable bonds is 7. The average molecular weight is 172 g/mol. The molecule has 3 heteroatoms. The lowest BCUT2D eigenvalue weighted by molar-refractivity contribution is 0.129. The van der Waals surface area contributed by atoms with Gasteiger partial charge in [-0.2, -0.15) is 0 Å². The van der Waals surface area contributed by atoms with Crippen molar-refractivity contribution in [3.05, 3.63) is 0 Å². The maximum atomic E-state index is 5.41. The Morgan fingerprint density at radius 2 is 2.25 bits per heavy atom. The second-order valence-electron chi connectivity index (χ2n) is 3.28. The lowest BCUT2D eigenvalue weighted by atomic mass is 10.2. The van der Waals surface area contributed by atoms with Crippen molar-refractivity contribution in [2.24, 2.45) is 0 Å². The van der Waals surface area contributed by atoms with Crippen molar-refractivity contribution in [2.45, 2.75) is 25.8 Å². The highest BCUT2D eigenvalue weighted by molar-refractivity contribution is 4.80. The van der Waals surface area contributed by atoms with E-state index in [1.54, 1.807) is 0 Å². The number of unbranched alkanes of at least 4 members (excludes halogenated alkanes) is 1. The minimum Gasteiger partial charge on any atom is -0.380 e.